The summed E-state index contributed by atoms with van der Waals surface area (Å²) in [5, 5.41) is 18.2. The molecule has 1 aliphatic heterocycles. The van der Waals surface area contributed by atoms with E-state index in [0.29, 0.717) is 18.4 Å². The molecule has 0 spiro atoms. The van der Waals surface area contributed by atoms with Gasteiger partial charge in [0.15, 0.2) is 0 Å². The van der Waals surface area contributed by atoms with Crippen molar-refractivity contribution >= 4 is 11.0 Å². The minimum absolute atomic E-state index is 0.0877. The van der Waals surface area contributed by atoms with Crippen LogP contribution in [0.4, 0.5) is 0 Å². The number of nitrogens with one attached hydrogen (secondary N) is 2. The topological polar surface area (TPSA) is 95.2 Å². The van der Waals surface area contributed by atoms with Crippen LogP contribution in [0.2, 0.25) is 0 Å². The Kier molecular flexibility index (Phi) is 3.75. The summed E-state index contributed by atoms with van der Waals surface area (Å²) in [7, 11) is 0. The zero-order chi connectivity index (χ0) is 16.5. The monoisotopic (exact) mass is 321 g/mol. The first-order chi connectivity index (χ1) is 11.8. The van der Waals surface area contributed by atoms with Crippen LogP contribution in [0, 0.1) is 17.2 Å². The van der Waals surface area contributed by atoms with E-state index < -0.39 is 0 Å². The van der Waals surface area contributed by atoms with Gasteiger partial charge in [0.05, 0.1) is 30.4 Å². The average molecular weight is 321 g/mol. The highest BCUT2D eigenvalue weighted by Crippen LogP contribution is 2.31. The van der Waals surface area contributed by atoms with Gasteiger partial charge in [-0.25, -0.2) is 9.97 Å². The first kappa shape index (κ1) is 14.8. The zero-order valence-corrected chi connectivity index (χ0v) is 13.5. The Morgan fingerprint density at radius 2 is 2.38 bits per heavy atom. The summed E-state index contributed by atoms with van der Waals surface area (Å²) in [5.74, 6) is 0.421. The van der Waals surface area contributed by atoms with Gasteiger partial charge in [-0.15, -0.1) is 0 Å². The molecule has 24 heavy (non-hydrogen) atoms. The molecule has 0 saturated carbocycles. The Labute approximate surface area is 139 Å². The van der Waals surface area contributed by atoms with Crippen molar-refractivity contribution in [3.63, 3.8) is 0 Å². The molecule has 0 amide bonds. The Balaban J connectivity index is 1.68. The molecule has 0 aromatic carbocycles. The summed E-state index contributed by atoms with van der Waals surface area (Å²) in [6.07, 6.45) is 8.77. The number of aromatic nitrogens is 5. The zero-order valence-electron chi connectivity index (χ0n) is 13.5. The van der Waals surface area contributed by atoms with Gasteiger partial charge < -0.3 is 10.3 Å². The second-order valence-electron chi connectivity index (χ2n) is 6.41. The number of nitriles is 1. The van der Waals surface area contributed by atoms with Crippen LogP contribution in [-0.2, 0) is 0 Å². The molecule has 3 atom stereocenters. The molecule has 1 fully saturated rings. The highest BCUT2D eigenvalue weighted by Gasteiger charge is 2.30. The van der Waals surface area contributed by atoms with Gasteiger partial charge in [-0.2, -0.15) is 10.4 Å². The molecular weight excluding hydrogens is 302 g/mol. The summed E-state index contributed by atoms with van der Waals surface area (Å²) >= 11 is 0. The van der Waals surface area contributed by atoms with E-state index in [2.05, 4.69) is 38.4 Å². The summed E-state index contributed by atoms with van der Waals surface area (Å²) in [4.78, 5) is 11.7. The molecule has 7 nitrogen and oxygen atoms in total. The van der Waals surface area contributed by atoms with Crippen molar-refractivity contribution < 1.29 is 0 Å². The minimum Gasteiger partial charge on any atom is -0.346 e. The lowest BCUT2D eigenvalue weighted by Gasteiger charge is -2.20. The first-order valence-electron chi connectivity index (χ1n) is 8.19. The fraction of sp³-hybridized carbons (Fsp3) is 0.412. The standard InChI is InChI=1S/C17H19N7/c1-11-6-12(7-20-11)15(2-4-18)24-9-13(8-23-24)16-14-3-5-19-17(14)22-10-21-16/h3,5,8-12,15,20H,2,6-7H2,1H3,(H,19,21,22). The van der Waals surface area contributed by atoms with Gasteiger partial charge >= 0.3 is 0 Å². The lowest BCUT2D eigenvalue weighted by atomic mass is 9.95. The fourth-order valence-corrected chi connectivity index (χ4v) is 3.58. The smallest absolute Gasteiger partial charge is 0.141 e. The molecular formula is C17H19N7. The van der Waals surface area contributed by atoms with Crippen LogP contribution in [0.25, 0.3) is 22.3 Å². The third kappa shape index (κ3) is 2.55. The molecule has 3 unspecified atom stereocenters. The predicted octanol–water partition coefficient (Wildman–Crippen LogP) is 2.27. The SMILES string of the molecule is CC1CC(C(CC#N)n2cc(-c3ncnc4[nH]ccc34)cn2)CN1. The minimum atomic E-state index is 0.0877. The second-order valence-corrected chi connectivity index (χ2v) is 6.41. The van der Waals surface area contributed by atoms with E-state index in [1.807, 2.05) is 29.3 Å². The van der Waals surface area contributed by atoms with Gasteiger partial charge in [0.2, 0.25) is 0 Å². The Hall–Kier alpha value is -2.72. The number of hydrogen-bond donors (Lipinski definition) is 2. The van der Waals surface area contributed by atoms with Crippen LogP contribution in [0.3, 0.4) is 0 Å². The Morgan fingerprint density at radius 1 is 1.46 bits per heavy atom. The van der Waals surface area contributed by atoms with Crippen molar-refractivity contribution in [1.82, 2.24) is 30.0 Å². The number of rotatable bonds is 4. The maximum absolute atomic E-state index is 9.23. The van der Waals surface area contributed by atoms with Crippen molar-refractivity contribution in [2.45, 2.75) is 31.8 Å². The molecule has 0 radical (unpaired) electrons. The van der Waals surface area contributed by atoms with Crippen molar-refractivity contribution in [3.05, 3.63) is 31.0 Å². The van der Waals surface area contributed by atoms with Gasteiger partial charge in [0, 0.05) is 35.9 Å². The van der Waals surface area contributed by atoms with Crippen LogP contribution >= 0.6 is 0 Å². The fourth-order valence-electron chi connectivity index (χ4n) is 3.58. The number of hydrogen-bond acceptors (Lipinski definition) is 5. The molecule has 4 rings (SSSR count). The normalized spacial score (nSPS) is 21.8. The number of nitrogens with zero attached hydrogens (tertiary/aromatic N) is 5. The van der Waals surface area contributed by atoms with Crippen LogP contribution in [-0.4, -0.2) is 37.3 Å². The van der Waals surface area contributed by atoms with Gasteiger partial charge in [0.25, 0.3) is 0 Å². The maximum atomic E-state index is 9.23. The van der Waals surface area contributed by atoms with E-state index in [9.17, 15) is 5.26 Å². The Morgan fingerprint density at radius 3 is 3.17 bits per heavy atom. The molecule has 0 bridgehead atoms. The van der Waals surface area contributed by atoms with Crippen molar-refractivity contribution in [2.75, 3.05) is 6.54 Å². The van der Waals surface area contributed by atoms with E-state index >= 15 is 0 Å². The Bertz CT molecular complexity index is 888. The van der Waals surface area contributed by atoms with Crippen LogP contribution < -0.4 is 5.32 Å². The predicted molar refractivity (Wildman–Crippen MR) is 89.9 cm³/mol. The van der Waals surface area contributed by atoms with E-state index in [4.69, 9.17) is 0 Å². The molecule has 1 aliphatic rings. The van der Waals surface area contributed by atoms with Gasteiger partial charge in [-0.1, -0.05) is 0 Å². The lowest BCUT2D eigenvalue weighted by molar-refractivity contribution is 0.326. The molecule has 3 aromatic heterocycles. The number of fused-ring (bicyclic) bond motifs is 1. The van der Waals surface area contributed by atoms with Crippen molar-refractivity contribution in [2.24, 2.45) is 5.92 Å². The maximum Gasteiger partial charge on any atom is 0.141 e. The highest BCUT2D eigenvalue weighted by molar-refractivity contribution is 5.89. The quantitative estimate of drug-likeness (QED) is 0.768. The van der Waals surface area contributed by atoms with Crippen molar-refractivity contribution in [3.8, 4) is 17.3 Å². The molecule has 0 aliphatic carbocycles. The molecule has 2 N–H and O–H groups in total. The largest absolute Gasteiger partial charge is 0.346 e. The number of aromatic amines is 1. The van der Waals surface area contributed by atoms with Crippen LogP contribution in [0.1, 0.15) is 25.8 Å². The van der Waals surface area contributed by atoms with Crippen molar-refractivity contribution in [1.29, 1.82) is 5.26 Å². The summed E-state index contributed by atoms with van der Waals surface area (Å²) in [6, 6.07) is 4.86. The third-order valence-electron chi connectivity index (χ3n) is 4.80. The first-order valence-corrected chi connectivity index (χ1v) is 8.19. The van der Waals surface area contributed by atoms with E-state index in [-0.39, 0.29) is 6.04 Å². The molecule has 4 heterocycles. The van der Waals surface area contributed by atoms with Gasteiger partial charge in [-0.05, 0) is 25.3 Å². The molecule has 3 aromatic rings. The number of H-pyrrole nitrogens is 1. The van der Waals surface area contributed by atoms with Gasteiger partial charge in [-0.3, -0.25) is 4.68 Å². The van der Waals surface area contributed by atoms with Crippen LogP contribution in [0.5, 0.6) is 0 Å². The summed E-state index contributed by atoms with van der Waals surface area (Å²) in [5.41, 5.74) is 2.63. The third-order valence-corrected chi connectivity index (χ3v) is 4.80. The average Bonchev–Trinajstić information content (AvgIpc) is 3.32. The highest BCUT2D eigenvalue weighted by atomic mass is 15.3. The van der Waals surface area contributed by atoms with Gasteiger partial charge in [0.1, 0.15) is 12.0 Å². The second kappa shape index (κ2) is 6.06. The summed E-state index contributed by atoms with van der Waals surface area (Å²) in [6.45, 7) is 3.11. The molecule has 7 heteroatoms. The van der Waals surface area contributed by atoms with E-state index in [0.717, 1.165) is 35.3 Å². The summed E-state index contributed by atoms with van der Waals surface area (Å²) < 4.78 is 1.93. The lowest BCUT2D eigenvalue weighted by Crippen LogP contribution is -2.22. The van der Waals surface area contributed by atoms with Crippen LogP contribution in [0.15, 0.2) is 31.0 Å². The van der Waals surface area contributed by atoms with E-state index in [1.165, 1.54) is 0 Å². The molecule has 122 valence electrons. The molecule has 1 saturated heterocycles. The van der Waals surface area contributed by atoms with E-state index in [1.54, 1.807) is 6.33 Å².